The monoisotopic (exact) mass is 308 g/mol. The van der Waals surface area contributed by atoms with Crippen molar-refractivity contribution in [2.45, 2.75) is 38.2 Å². The molecule has 0 aromatic heterocycles. The van der Waals surface area contributed by atoms with E-state index >= 15 is 0 Å². The average Bonchev–Trinajstić information content (AvgIpc) is 2.12. The predicted molar refractivity (Wildman–Crippen MR) is 70.8 cm³/mol. The molecule has 0 fully saturated rings. The standard InChI is InChI=1S/C10H19F3N2OS.ClH/c1-7(2)4-9(3,6-14)15-8(16)5-17-10(11,12)13;/h7H,4-6,14H2,1-3H3,(H,15,16);1H. The average molecular weight is 309 g/mol. The fraction of sp³-hybridized carbons (Fsp3) is 0.900. The van der Waals surface area contributed by atoms with Crippen molar-refractivity contribution in [3.8, 4) is 0 Å². The summed E-state index contributed by atoms with van der Waals surface area (Å²) in [4.78, 5) is 11.4. The Hall–Kier alpha value is -0.140. The number of rotatable bonds is 6. The highest BCUT2D eigenvalue weighted by Gasteiger charge is 2.31. The van der Waals surface area contributed by atoms with Crippen LogP contribution < -0.4 is 11.1 Å². The van der Waals surface area contributed by atoms with Gasteiger partial charge in [0.1, 0.15) is 0 Å². The van der Waals surface area contributed by atoms with Gasteiger partial charge in [0.25, 0.3) is 0 Å². The zero-order valence-corrected chi connectivity index (χ0v) is 12.3. The molecule has 18 heavy (non-hydrogen) atoms. The van der Waals surface area contributed by atoms with Gasteiger partial charge in [-0.2, -0.15) is 13.2 Å². The summed E-state index contributed by atoms with van der Waals surface area (Å²) in [5, 5.41) is 2.56. The van der Waals surface area contributed by atoms with E-state index < -0.39 is 22.7 Å². The molecule has 0 aromatic carbocycles. The summed E-state index contributed by atoms with van der Waals surface area (Å²) in [6.07, 6.45) is 0.631. The van der Waals surface area contributed by atoms with Gasteiger partial charge in [-0.05, 0) is 31.0 Å². The molecule has 0 bridgehead atoms. The smallest absolute Gasteiger partial charge is 0.349 e. The van der Waals surface area contributed by atoms with Crippen LogP contribution in [0.3, 0.4) is 0 Å². The maximum atomic E-state index is 11.9. The number of thioether (sulfide) groups is 1. The first-order valence-electron chi connectivity index (χ1n) is 5.30. The molecule has 1 amide bonds. The molecule has 8 heteroatoms. The highest BCUT2D eigenvalue weighted by Crippen LogP contribution is 2.29. The number of carbonyl (C=O) groups excluding carboxylic acids is 1. The van der Waals surface area contributed by atoms with Crippen LogP contribution in [0.15, 0.2) is 0 Å². The summed E-state index contributed by atoms with van der Waals surface area (Å²) in [5.41, 5.74) is 0.520. The molecule has 1 atom stereocenters. The number of nitrogens with one attached hydrogen (secondary N) is 1. The topological polar surface area (TPSA) is 55.1 Å². The number of hydrogen-bond acceptors (Lipinski definition) is 3. The molecule has 0 aliphatic rings. The zero-order valence-electron chi connectivity index (χ0n) is 10.6. The molecule has 0 aromatic rings. The van der Waals surface area contributed by atoms with Crippen LogP contribution in [0.2, 0.25) is 0 Å². The molecule has 110 valence electrons. The molecule has 0 aliphatic carbocycles. The van der Waals surface area contributed by atoms with Gasteiger partial charge in [-0.1, -0.05) is 13.8 Å². The second-order valence-electron chi connectivity index (χ2n) is 4.65. The molecular weight excluding hydrogens is 289 g/mol. The van der Waals surface area contributed by atoms with Crippen LogP contribution in [0.5, 0.6) is 0 Å². The number of hydrogen-bond donors (Lipinski definition) is 2. The number of alkyl halides is 3. The zero-order chi connectivity index (χ0) is 13.7. The molecule has 0 saturated carbocycles. The summed E-state index contributed by atoms with van der Waals surface area (Å²) in [6, 6.07) is 0. The van der Waals surface area contributed by atoms with Gasteiger partial charge in [-0.3, -0.25) is 4.79 Å². The van der Waals surface area contributed by atoms with Gasteiger partial charge in [-0.25, -0.2) is 0 Å². The third-order valence-electron chi connectivity index (χ3n) is 2.12. The Kier molecular flexibility index (Phi) is 9.10. The number of carbonyl (C=O) groups is 1. The molecule has 0 radical (unpaired) electrons. The minimum absolute atomic E-state index is 0. The van der Waals surface area contributed by atoms with Crippen molar-refractivity contribution < 1.29 is 18.0 Å². The Morgan fingerprint density at radius 3 is 2.22 bits per heavy atom. The molecule has 0 rings (SSSR count). The first-order chi connectivity index (χ1) is 7.58. The van der Waals surface area contributed by atoms with Crippen LogP contribution in [0, 0.1) is 5.92 Å². The van der Waals surface area contributed by atoms with Crippen LogP contribution in [0.1, 0.15) is 27.2 Å². The second kappa shape index (κ2) is 8.12. The molecule has 3 N–H and O–H groups in total. The normalized spacial score (nSPS) is 14.9. The van der Waals surface area contributed by atoms with Gasteiger partial charge in [0.15, 0.2) is 0 Å². The van der Waals surface area contributed by atoms with Gasteiger partial charge in [0.05, 0.1) is 5.75 Å². The van der Waals surface area contributed by atoms with Crippen molar-refractivity contribution in [1.29, 1.82) is 0 Å². The lowest BCUT2D eigenvalue weighted by atomic mass is 9.91. The second-order valence-corrected chi connectivity index (χ2v) is 5.69. The lowest BCUT2D eigenvalue weighted by Crippen LogP contribution is -2.52. The van der Waals surface area contributed by atoms with E-state index in [4.69, 9.17) is 5.73 Å². The van der Waals surface area contributed by atoms with Crippen molar-refractivity contribution in [2.75, 3.05) is 12.3 Å². The summed E-state index contributed by atoms with van der Waals surface area (Å²) in [6.45, 7) is 5.87. The Morgan fingerprint density at radius 1 is 1.39 bits per heavy atom. The summed E-state index contributed by atoms with van der Waals surface area (Å²) >= 11 is -0.341. The van der Waals surface area contributed by atoms with E-state index in [9.17, 15) is 18.0 Å². The Balaban J connectivity index is 0. The first-order valence-corrected chi connectivity index (χ1v) is 6.28. The van der Waals surface area contributed by atoms with E-state index in [1.807, 2.05) is 13.8 Å². The van der Waals surface area contributed by atoms with Gasteiger partial charge >= 0.3 is 5.51 Å². The summed E-state index contributed by atoms with van der Waals surface area (Å²) in [5.74, 6) is -0.961. The van der Waals surface area contributed by atoms with Crippen molar-refractivity contribution >= 4 is 30.1 Å². The van der Waals surface area contributed by atoms with Crippen molar-refractivity contribution in [2.24, 2.45) is 11.7 Å². The van der Waals surface area contributed by atoms with Gasteiger partial charge in [-0.15, -0.1) is 12.4 Å². The van der Waals surface area contributed by atoms with Crippen molar-refractivity contribution in [1.82, 2.24) is 5.32 Å². The summed E-state index contributed by atoms with van der Waals surface area (Å²) < 4.78 is 35.7. The molecule has 3 nitrogen and oxygen atoms in total. The maximum absolute atomic E-state index is 11.9. The minimum atomic E-state index is -4.38. The molecule has 1 unspecified atom stereocenters. The van der Waals surface area contributed by atoms with E-state index in [2.05, 4.69) is 5.32 Å². The van der Waals surface area contributed by atoms with Crippen LogP contribution in [-0.2, 0) is 4.79 Å². The molecule has 0 aliphatic heterocycles. The number of halogens is 4. The van der Waals surface area contributed by atoms with Crippen LogP contribution in [-0.4, -0.2) is 29.3 Å². The van der Waals surface area contributed by atoms with Gasteiger partial charge in [0.2, 0.25) is 5.91 Å². The Bertz CT molecular complexity index is 264. The number of nitrogens with two attached hydrogens (primary N) is 1. The van der Waals surface area contributed by atoms with E-state index in [0.717, 1.165) is 0 Å². The van der Waals surface area contributed by atoms with Crippen molar-refractivity contribution in [3.63, 3.8) is 0 Å². The van der Waals surface area contributed by atoms with Crippen LogP contribution >= 0.6 is 24.2 Å². The van der Waals surface area contributed by atoms with Crippen molar-refractivity contribution in [3.05, 3.63) is 0 Å². The van der Waals surface area contributed by atoms with E-state index in [1.165, 1.54) is 0 Å². The lowest BCUT2D eigenvalue weighted by molar-refractivity contribution is -0.120. The summed E-state index contributed by atoms with van der Waals surface area (Å²) in [7, 11) is 0. The molecular formula is C10H20ClF3N2OS. The molecule has 0 spiro atoms. The van der Waals surface area contributed by atoms with E-state index in [1.54, 1.807) is 6.92 Å². The van der Waals surface area contributed by atoms with E-state index in [-0.39, 0.29) is 30.7 Å². The highest BCUT2D eigenvalue weighted by atomic mass is 35.5. The third kappa shape index (κ3) is 9.85. The maximum Gasteiger partial charge on any atom is 0.442 e. The van der Waals surface area contributed by atoms with Crippen LogP contribution in [0.25, 0.3) is 0 Å². The largest absolute Gasteiger partial charge is 0.442 e. The van der Waals surface area contributed by atoms with E-state index in [0.29, 0.717) is 12.3 Å². The fourth-order valence-corrected chi connectivity index (χ4v) is 1.97. The predicted octanol–water partition coefficient (Wildman–Crippen LogP) is 2.54. The first kappa shape index (κ1) is 20.2. The number of amides is 1. The molecule has 0 heterocycles. The van der Waals surface area contributed by atoms with Gasteiger partial charge < -0.3 is 11.1 Å². The third-order valence-corrected chi connectivity index (χ3v) is 2.85. The highest BCUT2D eigenvalue weighted by molar-refractivity contribution is 8.00. The Morgan fingerprint density at radius 2 is 1.89 bits per heavy atom. The van der Waals surface area contributed by atoms with Crippen LogP contribution in [0.4, 0.5) is 13.2 Å². The van der Waals surface area contributed by atoms with Gasteiger partial charge in [0, 0.05) is 12.1 Å². The SMILES string of the molecule is CC(C)CC(C)(CN)NC(=O)CSC(F)(F)F.Cl. The molecule has 0 saturated heterocycles. The minimum Gasteiger partial charge on any atom is -0.349 e. The quantitative estimate of drug-likeness (QED) is 0.793. The Labute approximate surface area is 116 Å². The fourth-order valence-electron chi connectivity index (χ4n) is 1.61. The lowest BCUT2D eigenvalue weighted by Gasteiger charge is -2.31.